The van der Waals surface area contributed by atoms with Gasteiger partial charge in [0.15, 0.2) is 6.10 Å². The van der Waals surface area contributed by atoms with E-state index >= 15 is 0 Å². The van der Waals surface area contributed by atoms with E-state index in [0.29, 0.717) is 5.56 Å². The zero-order chi connectivity index (χ0) is 17.1. The van der Waals surface area contributed by atoms with Crippen molar-refractivity contribution >= 4 is 5.97 Å². The molecule has 126 valence electrons. The second kappa shape index (κ2) is 11.1. The quantitative estimate of drug-likeness (QED) is 0.570. The lowest BCUT2D eigenvalue weighted by atomic mass is 10.1. The highest BCUT2D eigenvalue weighted by Gasteiger charge is 2.14. The Morgan fingerprint density at radius 3 is 1.95 bits per heavy atom. The van der Waals surface area contributed by atoms with Crippen LogP contribution in [-0.2, 0) is 4.79 Å². The highest BCUT2D eigenvalue weighted by atomic mass is 16.4. The molecule has 2 unspecified atom stereocenters. The van der Waals surface area contributed by atoms with Gasteiger partial charge in [-0.1, -0.05) is 43.7 Å². The lowest BCUT2D eigenvalue weighted by Gasteiger charge is -2.27. The van der Waals surface area contributed by atoms with E-state index in [1.807, 2.05) is 0 Å². The molecule has 0 saturated heterocycles. The predicted molar refractivity (Wildman–Crippen MR) is 84.0 cm³/mol. The second-order valence-corrected chi connectivity index (χ2v) is 5.01. The first-order chi connectivity index (χ1) is 10.3. The number of aliphatic hydroxyl groups excluding tert-OH is 3. The number of hydrogen-bond acceptors (Lipinski definition) is 5. The summed E-state index contributed by atoms with van der Waals surface area (Å²) in [6.45, 7) is 6.18. The van der Waals surface area contributed by atoms with E-state index in [-0.39, 0.29) is 0 Å². The monoisotopic (exact) mass is 313 g/mol. The minimum atomic E-state index is -1.41. The highest BCUT2D eigenvalue weighted by Crippen LogP contribution is 2.11. The van der Waals surface area contributed by atoms with E-state index in [2.05, 4.69) is 6.92 Å². The number of carbonyl (C=O) groups is 1. The van der Waals surface area contributed by atoms with Crippen molar-refractivity contribution in [2.75, 3.05) is 6.54 Å². The van der Waals surface area contributed by atoms with Gasteiger partial charge in [-0.2, -0.15) is 0 Å². The van der Waals surface area contributed by atoms with Crippen LogP contribution in [-0.4, -0.2) is 50.3 Å². The molecule has 0 aliphatic rings. The summed E-state index contributed by atoms with van der Waals surface area (Å²) in [6, 6.07) is 8.26. The van der Waals surface area contributed by atoms with E-state index in [1.54, 1.807) is 49.1 Å². The summed E-state index contributed by atoms with van der Waals surface area (Å²) in [4.78, 5) is 11.9. The number of unbranched alkanes of at least 4 members (excludes halogenated alkanes) is 1. The summed E-state index contributed by atoms with van der Waals surface area (Å²) >= 11 is 0. The number of nitrogens with zero attached hydrogens (tertiary/aromatic N) is 1. The molecule has 0 aromatic heterocycles. The molecule has 0 amide bonds. The van der Waals surface area contributed by atoms with Crippen LogP contribution in [0.1, 0.15) is 45.3 Å². The van der Waals surface area contributed by atoms with E-state index < -0.39 is 24.5 Å². The highest BCUT2D eigenvalue weighted by molar-refractivity contribution is 5.73. The third-order valence-corrected chi connectivity index (χ3v) is 3.08. The molecule has 22 heavy (non-hydrogen) atoms. The lowest BCUT2D eigenvalue weighted by molar-refractivity contribution is -0.146. The van der Waals surface area contributed by atoms with E-state index in [0.717, 1.165) is 19.4 Å². The van der Waals surface area contributed by atoms with E-state index in [4.69, 9.17) is 10.2 Å². The SMILES string of the molecule is CCCCN(C(C)O)C(C)O.O=C(O)[C@H](O)c1ccccc1. The second-order valence-electron chi connectivity index (χ2n) is 5.01. The molecule has 0 heterocycles. The van der Waals surface area contributed by atoms with Gasteiger partial charge in [-0.25, -0.2) is 4.79 Å². The molecule has 0 radical (unpaired) electrons. The maximum atomic E-state index is 10.2. The standard InChI is InChI=1S/C8H19NO2.C8H8O3/c1-4-5-6-9(7(2)10)8(3)11;9-7(8(10)11)6-4-2-1-3-5-6/h7-8,10-11H,4-6H2,1-3H3;1-5,7,9H,(H,10,11)/t;7-/m.1/s1. The molecular weight excluding hydrogens is 286 g/mol. The Balaban J connectivity index is 0.000000401. The maximum Gasteiger partial charge on any atom is 0.337 e. The van der Waals surface area contributed by atoms with Crippen molar-refractivity contribution in [3.63, 3.8) is 0 Å². The Hall–Kier alpha value is -1.47. The summed E-state index contributed by atoms with van der Waals surface area (Å²) in [6.07, 6.45) is -0.426. The molecule has 6 nitrogen and oxygen atoms in total. The third kappa shape index (κ3) is 8.09. The van der Waals surface area contributed by atoms with Gasteiger partial charge < -0.3 is 20.4 Å². The van der Waals surface area contributed by atoms with Gasteiger partial charge in [-0.3, -0.25) is 4.90 Å². The molecule has 0 aliphatic heterocycles. The van der Waals surface area contributed by atoms with Crippen LogP contribution < -0.4 is 0 Å². The van der Waals surface area contributed by atoms with Crippen molar-refractivity contribution in [1.29, 1.82) is 0 Å². The van der Waals surface area contributed by atoms with E-state index in [1.165, 1.54) is 0 Å². The Morgan fingerprint density at radius 1 is 1.09 bits per heavy atom. The number of aliphatic hydroxyl groups is 3. The Morgan fingerprint density at radius 2 is 1.59 bits per heavy atom. The van der Waals surface area contributed by atoms with Crippen LogP contribution in [0.15, 0.2) is 30.3 Å². The van der Waals surface area contributed by atoms with Gasteiger partial charge >= 0.3 is 5.97 Å². The predicted octanol–water partition coefficient (Wildman–Crippen LogP) is 1.57. The van der Waals surface area contributed by atoms with Crippen LogP contribution in [0, 0.1) is 0 Å². The zero-order valence-electron chi connectivity index (χ0n) is 13.4. The van der Waals surface area contributed by atoms with Crippen LogP contribution in [0.3, 0.4) is 0 Å². The fourth-order valence-electron chi connectivity index (χ4n) is 1.80. The van der Waals surface area contributed by atoms with Crippen molar-refractivity contribution in [2.24, 2.45) is 0 Å². The van der Waals surface area contributed by atoms with Gasteiger partial charge in [-0.05, 0) is 25.8 Å². The minimum absolute atomic E-state index is 0.403. The molecule has 0 bridgehead atoms. The normalized spacial score (nSPS) is 14.7. The largest absolute Gasteiger partial charge is 0.479 e. The zero-order valence-corrected chi connectivity index (χ0v) is 13.4. The molecule has 6 heteroatoms. The molecule has 0 spiro atoms. The Labute approximate surface area is 131 Å². The molecule has 0 fully saturated rings. The van der Waals surface area contributed by atoms with Gasteiger partial charge in [0.05, 0.1) is 0 Å². The first-order valence-electron chi connectivity index (χ1n) is 7.38. The first kappa shape index (κ1) is 20.5. The maximum absolute atomic E-state index is 10.2. The number of aliphatic carboxylic acids is 1. The number of carboxylic acid groups (broad SMARTS) is 1. The minimum Gasteiger partial charge on any atom is -0.479 e. The van der Waals surface area contributed by atoms with Gasteiger partial charge in [-0.15, -0.1) is 0 Å². The molecule has 1 aromatic rings. The van der Waals surface area contributed by atoms with Gasteiger partial charge in [0.2, 0.25) is 0 Å². The van der Waals surface area contributed by atoms with Crippen LogP contribution in [0.5, 0.6) is 0 Å². The van der Waals surface area contributed by atoms with Crippen molar-refractivity contribution in [1.82, 2.24) is 4.90 Å². The summed E-state index contributed by atoms with van der Waals surface area (Å²) in [5, 5.41) is 35.7. The molecular formula is C16H27NO5. The van der Waals surface area contributed by atoms with Gasteiger partial charge in [0, 0.05) is 6.54 Å². The van der Waals surface area contributed by atoms with Crippen molar-refractivity contribution < 1.29 is 25.2 Å². The smallest absolute Gasteiger partial charge is 0.337 e. The average Bonchev–Trinajstić information content (AvgIpc) is 2.47. The van der Waals surface area contributed by atoms with E-state index in [9.17, 15) is 15.0 Å². The lowest BCUT2D eigenvalue weighted by Crippen LogP contribution is -2.40. The molecule has 0 saturated carbocycles. The summed E-state index contributed by atoms with van der Waals surface area (Å²) in [5.41, 5.74) is 0.403. The molecule has 1 aromatic carbocycles. The molecule has 0 aliphatic carbocycles. The molecule has 1 rings (SSSR count). The van der Waals surface area contributed by atoms with Crippen LogP contribution in [0.2, 0.25) is 0 Å². The number of carboxylic acids is 1. The number of rotatable bonds is 7. The van der Waals surface area contributed by atoms with Crippen LogP contribution in [0.4, 0.5) is 0 Å². The summed E-state index contributed by atoms with van der Waals surface area (Å²) in [7, 11) is 0. The van der Waals surface area contributed by atoms with Crippen molar-refractivity contribution in [2.45, 2.75) is 52.2 Å². The summed E-state index contributed by atoms with van der Waals surface area (Å²) < 4.78 is 0. The summed E-state index contributed by atoms with van der Waals surface area (Å²) in [5.74, 6) is -1.23. The van der Waals surface area contributed by atoms with Gasteiger partial charge in [0.1, 0.15) is 12.5 Å². The Kier molecular flexibility index (Phi) is 10.4. The average molecular weight is 313 g/mol. The fourth-order valence-corrected chi connectivity index (χ4v) is 1.80. The fraction of sp³-hybridized carbons (Fsp3) is 0.562. The third-order valence-electron chi connectivity index (χ3n) is 3.08. The van der Waals surface area contributed by atoms with Crippen molar-refractivity contribution in [3.05, 3.63) is 35.9 Å². The number of benzene rings is 1. The topological polar surface area (TPSA) is 101 Å². The van der Waals surface area contributed by atoms with Crippen LogP contribution >= 0.6 is 0 Å². The molecule has 3 atom stereocenters. The Bertz CT molecular complexity index is 400. The van der Waals surface area contributed by atoms with Crippen molar-refractivity contribution in [3.8, 4) is 0 Å². The van der Waals surface area contributed by atoms with Gasteiger partial charge in [0.25, 0.3) is 0 Å². The number of hydrogen-bond donors (Lipinski definition) is 4. The first-order valence-corrected chi connectivity index (χ1v) is 7.38. The molecule has 4 N–H and O–H groups in total. The van der Waals surface area contributed by atoms with Crippen LogP contribution in [0.25, 0.3) is 0 Å².